The van der Waals surface area contributed by atoms with E-state index in [0.717, 1.165) is 27.4 Å². The van der Waals surface area contributed by atoms with Crippen LogP contribution in [0.2, 0.25) is 0 Å². The van der Waals surface area contributed by atoms with Crippen LogP contribution < -0.4 is 5.32 Å². The third-order valence-electron chi connectivity index (χ3n) is 2.89. The largest absolute Gasteiger partial charge is 0.358 e. The molecule has 2 aromatic rings. The topological polar surface area (TPSA) is 46.9 Å². The Bertz CT molecular complexity index is 595. The molecule has 1 amide bonds. The summed E-state index contributed by atoms with van der Waals surface area (Å²) in [6.45, 7) is 2.90. The number of carbonyl (C=O) groups is 1. The van der Waals surface area contributed by atoms with Crippen LogP contribution in [0, 0.1) is 0 Å². The summed E-state index contributed by atoms with van der Waals surface area (Å²) >= 11 is 4.89. The molecular formula is C14H16BrN3OS. The number of benzene rings is 1. The Morgan fingerprint density at radius 1 is 1.40 bits per heavy atom. The highest BCUT2D eigenvalue weighted by Crippen LogP contribution is 2.27. The van der Waals surface area contributed by atoms with Gasteiger partial charge in [-0.1, -0.05) is 39.8 Å². The number of nitrogens with one attached hydrogen (secondary N) is 1. The van der Waals surface area contributed by atoms with E-state index in [1.165, 1.54) is 11.8 Å². The maximum atomic E-state index is 11.3. The fourth-order valence-corrected chi connectivity index (χ4v) is 3.01. The number of amides is 1. The quantitative estimate of drug-likeness (QED) is 0.839. The van der Waals surface area contributed by atoms with Crippen LogP contribution >= 0.6 is 27.7 Å². The van der Waals surface area contributed by atoms with Crippen LogP contribution in [0.25, 0.3) is 11.3 Å². The van der Waals surface area contributed by atoms with Crippen LogP contribution in [0.5, 0.6) is 0 Å². The first-order chi connectivity index (χ1) is 9.65. The lowest BCUT2D eigenvalue weighted by atomic mass is 10.2. The number of thioether (sulfide) groups is 1. The Hall–Kier alpha value is -1.27. The fourth-order valence-electron chi connectivity index (χ4n) is 1.83. The molecule has 1 N–H and O–H groups in total. The minimum Gasteiger partial charge on any atom is -0.358 e. The molecule has 106 valence electrons. The van der Waals surface area contributed by atoms with Crippen LogP contribution in [0.1, 0.15) is 6.92 Å². The molecule has 0 unspecified atom stereocenters. The Kier molecular flexibility index (Phi) is 5.25. The average molecular weight is 354 g/mol. The number of hydrogen-bond acceptors (Lipinski definition) is 3. The van der Waals surface area contributed by atoms with Gasteiger partial charge >= 0.3 is 0 Å². The molecule has 0 spiro atoms. The lowest BCUT2D eigenvalue weighted by Crippen LogP contribution is -2.20. The predicted octanol–water partition coefficient (Wildman–Crippen LogP) is 3.17. The molecule has 6 heteroatoms. The Morgan fingerprint density at radius 2 is 2.10 bits per heavy atom. The van der Waals surface area contributed by atoms with Gasteiger partial charge in [-0.15, -0.1) is 0 Å². The highest BCUT2D eigenvalue weighted by atomic mass is 79.9. The third-order valence-corrected chi connectivity index (χ3v) is 4.41. The average Bonchev–Trinajstić information content (AvgIpc) is 2.88. The number of imidazole rings is 1. The smallest absolute Gasteiger partial charge is 0.230 e. The highest BCUT2D eigenvalue weighted by Gasteiger charge is 2.12. The van der Waals surface area contributed by atoms with Crippen molar-refractivity contribution in [3.63, 3.8) is 0 Å². The Labute approximate surface area is 131 Å². The summed E-state index contributed by atoms with van der Waals surface area (Å²) in [6, 6.07) is 8.14. The highest BCUT2D eigenvalue weighted by molar-refractivity contribution is 9.10. The van der Waals surface area contributed by atoms with Crippen molar-refractivity contribution in [1.82, 2.24) is 14.9 Å². The molecular weight excluding hydrogens is 338 g/mol. The van der Waals surface area contributed by atoms with E-state index < -0.39 is 0 Å². The van der Waals surface area contributed by atoms with E-state index in [1.54, 1.807) is 7.05 Å². The summed E-state index contributed by atoms with van der Waals surface area (Å²) in [5, 5.41) is 3.48. The molecule has 0 atom stereocenters. The van der Waals surface area contributed by atoms with E-state index in [9.17, 15) is 4.79 Å². The molecule has 20 heavy (non-hydrogen) atoms. The SMILES string of the molecule is CCn1c(-c2ccc(Br)cc2)cnc1SCC(=O)NC. The van der Waals surface area contributed by atoms with Crippen molar-refractivity contribution in [2.45, 2.75) is 18.6 Å². The summed E-state index contributed by atoms with van der Waals surface area (Å²) in [4.78, 5) is 15.8. The normalized spacial score (nSPS) is 10.6. The third kappa shape index (κ3) is 3.43. The zero-order chi connectivity index (χ0) is 14.5. The molecule has 0 aliphatic carbocycles. The second kappa shape index (κ2) is 6.95. The monoisotopic (exact) mass is 353 g/mol. The van der Waals surface area contributed by atoms with E-state index in [1.807, 2.05) is 18.3 Å². The van der Waals surface area contributed by atoms with E-state index in [4.69, 9.17) is 0 Å². The van der Waals surface area contributed by atoms with Gasteiger partial charge in [-0.25, -0.2) is 4.98 Å². The fraction of sp³-hybridized carbons (Fsp3) is 0.286. The Balaban J connectivity index is 2.25. The number of rotatable bonds is 5. The second-order valence-corrected chi connectivity index (χ2v) is 6.00. The van der Waals surface area contributed by atoms with Gasteiger partial charge in [0.15, 0.2) is 5.16 Å². The summed E-state index contributed by atoms with van der Waals surface area (Å²) < 4.78 is 3.18. The Morgan fingerprint density at radius 3 is 2.70 bits per heavy atom. The molecule has 1 heterocycles. The molecule has 0 bridgehead atoms. The molecule has 4 nitrogen and oxygen atoms in total. The summed E-state index contributed by atoms with van der Waals surface area (Å²) in [5.74, 6) is 0.388. The minimum absolute atomic E-state index is 0.00541. The van der Waals surface area contributed by atoms with Crippen molar-refractivity contribution in [2.75, 3.05) is 12.8 Å². The first-order valence-corrected chi connectivity index (χ1v) is 8.08. The predicted molar refractivity (Wildman–Crippen MR) is 85.8 cm³/mol. The van der Waals surface area contributed by atoms with Crippen molar-refractivity contribution in [3.8, 4) is 11.3 Å². The second-order valence-electron chi connectivity index (χ2n) is 4.14. The maximum Gasteiger partial charge on any atom is 0.230 e. The van der Waals surface area contributed by atoms with Gasteiger partial charge in [0, 0.05) is 18.1 Å². The lowest BCUT2D eigenvalue weighted by molar-refractivity contribution is -0.118. The van der Waals surface area contributed by atoms with E-state index in [2.05, 4.69) is 49.9 Å². The van der Waals surface area contributed by atoms with Crippen molar-refractivity contribution in [2.24, 2.45) is 0 Å². The van der Waals surface area contributed by atoms with Gasteiger partial charge < -0.3 is 9.88 Å². The van der Waals surface area contributed by atoms with Gasteiger partial charge in [-0.3, -0.25) is 4.79 Å². The molecule has 0 saturated heterocycles. The number of nitrogens with zero attached hydrogens (tertiary/aromatic N) is 2. The van der Waals surface area contributed by atoms with Crippen LogP contribution in [0.4, 0.5) is 0 Å². The van der Waals surface area contributed by atoms with Gasteiger partial charge in [0.05, 0.1) is 17.6 Å². The molecule has 2 rings (SSSR count). The summed E-state index contributed by atoms with van der Waals surface area (Å²) in [5.41, 5.74) is 2.19. The molecule has 0 aliphatic rings. The first-order valence-electron chi connectivity index (χ1n) is 6.30. The summed E-state index contributed by atoms with van der Waals surface area (Å²) in [6.07, 6.45) is 1.86. The van der Waals surface area contributed by atoms with Gasteiger partial charge in [-0.05, 0) is 24.6 Å². The number of aromatic nitrogens is 2. The van der Waals surface area contributed by atoms with Crippen LogP contribution in [-0.4, -0.2) is 28.3 Å². The number of hydrogen-bond donors (Lipinski definition) is 1. The maximum absolute atomic E-state index is 11.3. The zero-order valence-electron chi connectivity index (χ0n) is 11.4. The van der Waals surface area contributed by atoms with Gasteiger partial charge in [0.1, 0.15) is 0 Å². The van der Waals surface area contributed by atoms with E-state index in [-0.39, 0.29) is 5.91 Å². The van der Waals surface area contributed by atoms with Crippen molar-refractivity contribution in [3.05, 3.63) is 34.9 Å². The van der Waals surface area contributed by atoms with Crippen molar-refractivity contribution >= 4 is 33.6 Å². The summed E-state index contributed by atoms with van der Waals surface area (Å²) in [7, 11) is 1.64. The van der Waals surface area contributed by atoms with Gasteiger partial charge in [0.2, 0.25) is 5.91 Å². The lowest BCUT2D eigenvalue weighted by Gasteiger charge is -2.09. The molecule has 0 aliphatic heterocycles. The van der Waals surface area contributed by atoms with Crippen LogP contribution in [0.15, 0.2) is 40.1 Å². The van der Waals surface area contributed by atoms with Gasteiger partial charge in [0.25, 0.3) is 0 Å². The number of halogens is 1. The van der Waals surface area contributed by atoms with Crippen molar-refractivity contribution in [1.29, 1.82) is 0 Å². The first kappa shape index (κ1) is 15.1. The van der Waals surface area contributed by atoms with Crippen LogP contribution in [0.3, 0.4) is 0 Å². The number of carbonyl (C=O) groups excluding carboxylic acids is 1. The van der Waals surface area contributed by atoms with Crippen molar-refractivity contribution < 1.29 is 4.79 Å². The van der Waals surface area contributed by atoms with E-state index >= 15 is 0 Å². The minimum atomic E-state index is 0.00541. The molecule has 1 aromatic heterocycles. The van der Waals surface area contributed by atoms with Gasteiger partial charge in [-0.2, -0.15) is 0 Å². The van der Waals surface area contributed by atoms with E-state index in [0.29, 0.717) is 5.75 Å². The molecule has 1 aromatic carbocycles. The standard InChI is InChI=1S/C14H16BrN3OS/c1-3-18-12(10-4-6-11(15)7-5-10)8-17-14(18)20-9-13(19)16-2/h4-8H,3,9H2,1-2H3,(H,16,19). The molecule has 0 saturated carbocycles. The molecule has 0 fully saturated rings. The molecule has 0 radical (unpaired) electrons. The zero-order valence-corrected chi connectivity index (χ0v) is 13.8. The van der Waals surface area contributed by atoms with Crippen LogP contribution in [-0.2, 0) is 11.3 Å².